The van der Waals surface area contributed by atoms with Crippen molar-refractivity contribution < 1.29 is 4.79 Å². The molecule has 0 aromatic carbocycles. The summed E-state index contributed by atoms with van der Waals surface area (Å²) in [6.07, 6.45) is 5.44. The van der Waals surface area contributed by atoms with E-state index in [4.69, 9.17) is 5.73 Å². The molecule has 1 aromatic heterocycles. The molecule has 1 amide bonds. The molecule has 1 saturated heterocycles. The van der Waals surface area contributed by atoms with E-state index in [-0.39, 0.29) is 11.9 Å². The summed E-state index contributed by atoms with van der Waals surface area (Å²) >= 11 is 0. The highest BCUT2D eigenvalue weighted by Gasteiger charge is 2.28. The van der Waals surface area contributed by atoms with Crippen molar-refractivity contribution in [2.24, 2.45) is 5.73 Å². The van der Waals surface area contributed by atoms with Gasteiger partial charge in [-0.05, 0) is 31.4 Å². The van der Waals surface area contributed by atoms with E-state index in [0.29, 0.717) is 12.1 Å². The summed E-state index contributed by atoms with van der Waals surface area (Å²) in [6.45, 7) is 3.30. The molecule has 86 valence electrons. The van der Waals surface area contributed by atoms with Gasteiger partial charge in [0.2, 0.25) is 0 Å². The molecule has 1 aliphatic rings. The van der Waals surface area contributed by atoms with Crippen molar-refractivity contribution in [3.05, 3.63) is 29.6 Å². The summed E-state index contributed by atoms with van der Waals surface area (Å²) in [5, 5.41) is 0. The molecule has 2 N–H and O–H groups in total. The minimum absolute atomic E-state index is 0.0594. The zero-order valence-electron chi connectivity index (χ0n) is 9.52. The van der Waals surface area contributed by atoms with E-state index >= 15 is 0 Å². The van der Waals surface area contributed by atoms with E-state index < -0.39 is 0 Å². The van der Waals surface area contributed by atoms with Gasteiger partial charge in [-0.1, -0.05) is 0 Å². The van der Waals surface area contributed by atoms with Crippen LogP contribution >= 0.6 is 0 Å². The van der Waals surface area contributed by atoms with Crippen LogP contribution in [0.5, 0.6) is 0 Å². The minimum Gasteiger partial charge on any atom is -0.334 e. The predicted molar refractivity (Wildman–Crippen MR) is 62.1 cm³/mol. The van der Waals surface area contributed by atoms with Gasteiger partial charge in [0, 0.05) is 31.5 Å². The predicted octanol–water partition coefficient (Wildman–Crippen LogP) is 0.953. The molecule has 1 aliphatic heterocycles. The molecular formula is C12H17N3O. The summed E-state index contributed by atoms with van der Waals surface area (Å²) in [4.78, 5) is 18.1. The maximum Gasteiger partial charge on any atom is 0.255 e. The average Bonchev–Trinajstić information content (AvgIpc) is 2.76. The second-order valence-electron chi connectivity index (χ2n) is 4.28. The first-order valence-corrected chi connectivity index (χ1v) is 5.65. The van der Waals surface area contributed by atoms with Crippen molar-refractivity contribution >= 4 is 5.91 Å². The minimum atomic E-state index is 0.0594. The maximum absolute atomic E-state index is 12.2. The van der Waals surface area contributed by atoms with Gasteiger partial charge in [0.05, 0.1) is 5.56 Å². The van der Waals surface area contributed by atoms with Crippen LogP contribution in [0.15, 0.2) is 18.5 Å². The van der Waals surface area contributed by atoms with Gasteiger partial charge in [-0.25, -0.2) is 0 Å². The molecule has 2 rings (SSSR count). The zero-order valence-corrected chi connectivity index (χ0v) is 9.52. The smallest absolute Gasteiger partial charge is 0.255 e. The number of hydrogen-bond donors (Lipinski definition) is 1. The number of nitrogens with zero attached hydrogens (tertiary/aromatic N) is 2. The number of nitrogens with two attached hydrogens (primary N) is 1. The average molecular weight is 219 g/mol. The number of likely N-dealkylation sites (tertiary alicyclic amines) is 1. The first-order chi connectivity index (χ1) is 7.72. The molecule has 16 heavy (non-hydrogen) atoms. The van der Waals surface area contributed by atoms with E-state index in [1.807, 2.05) is 17.9 Å². The summed E-state index contributed by atoms with van der Waals surface area (Å²) in [6, 6.07) is 2.08. The van der Waals surface area contributed by atoms with Crippen LogP contribution in [0.1, 0.15) is 28.8 Å². The van der Waals surface area contributed by atoms with Gasteiger partial charge in [0.15, 0.2) is 0 Å². The number of aromatic nitrogens is 1. The van der Waals surface area contributed by atoms with Gasteiger partial charge < -0.3 is 10.6 Å². The van der Waals surface area contributed by atoms with Gasteiger partial charge in [-0.3, -0.25) is 9.78 Å². The molecule has 0 aliphatic carbocycles. The molecular weight excluding hydrogens is 202 g/mol. The molecule has 0 spiro atoms. The summed E-state index contributed by atoms with van der Waals surface area (Å²) in [7, 11) is 0. The van der Waals surface area contributed by atoms with Crippen LogP contribution in [0, 0.1) is 6.92 Å². The summed E-state index contributed by atoms with van der Waals surface area (Å²) < 4.78 is 0. The molecule has 4 heteroatoms. The lowest BCUT2D eigenvalue weighted by Gasteiger charge is -2.23. The number of rotatable bonds is 2. The third kappa shape index (κ3) is 2.07. The van der Waals surface area contributed by atoms with Gasteiger partial charge in [-0.15, -0.1) is 0 Å². The van der Waals surface area contributed by atoms with Crippen LogP contribution in [0.3, 0.4) is 0 Å². The van der Waals surface area contributed by atoms with Crippen molar-refractivity contribution in [1.29, 1.82) is 0 Å². The quantitative estimate of drug-likeness (QED) is 0.805. The lowest BCUT2D eigenvalue weighted by molar-refractivity contribution is 0.0740. The van der Waals surface area contributed by atoms with E-state index in [1.54, 1.807) is 12.4 Å². The fourth-order valence-electron chi connectivity index (χ4n) is 2.19. The fourth-order valence-corrected chi connectivity index (χ4v) is 2.19. The topological polar surface area (TPSA) is 59.2 Å². The molecule has 0 radical (unpaired) electrons. The van der Waals surface area contributed by atoms with Crippen molar-refractivity contribution in [3.63, 3.8) is 0 Å². The van der Waals surface area contributed by atoms with Crippen LogP contribution in [-0.2, 0) is 0 Å². The van der Waals surface area contributed by atoms with Gasteiger partial charge in [0.1, 0.15) is 0 Å². The number of aryl methyl sites for hydroxylation is 1. The molecule has 1 aromatic rings. The van der Waals surface area contributed by atoms with E-state index in [2.05, 4.69) is 4.98 Å². The molecule has 4 nitrogen and oxygen atoms in total. The Balaban J connectivity index is 2.18. The number of hydrogen-bond acceptors (Lipinski definition) is 3. The Morgan fingerprint density at radius 3 is 3.12 bits per heavy atom. The SMILES string of the molecule is Cc1cncc(C(=O)N2CCCC2CN)c1. The standard InChI is InChI=1S/C12H17N3O/c1-9-5-10(8-14-7-9)12(16)15-4-2-3-11(15)6-13/h5,7-8,11H,2-4,6,13H2,1H3. The van der Waals surface area contributed by atoms with Crippen molar-refractivity contribution in [2.45, 2.75) is 25.8 Å². The fraction of sp³-hybridized carbons (Fsp3) is 0.500. The third-order valence-corrected chi connectivity index (χ3v) is 3.03. The second kappa shape index (κ2) is 4.61. The summed E-state index contributed by atoms with van der Waals surface area (Å²) in [5.41, 5.74) is 7.34. The molecule has 0 saturated carbocycles. The van der Waals surface area contributed by atoms with Gasteiger partial charge in [-0.2, -0.15) is 0 Å². The lowest BCUT2D eigenvalue weighted by Crippen LogP contribution is -2.39. The Morgan fingerprint density at radius 2 is 2.44 bits per heavy atom. The zero-order chi connectivity index (χ0) is 11.5. The Morgan fingerprint density at radius 1 is 1.62 bits per heavy atom. The lowest BCUT2D eigenvalue weighted by atomic mass is 10.1. The molecule has 1 unspecified atom stereocenters. The highest BCUT2D eigenvalue weighted by Crippen LogP contribution is 2.19. The van der Waals surface area contributed by atoms with E-state index in [9.17, 15) is 4.79 Å². The number of carbonyl (C=O) groups is 1. The number of pyridine rings is 1. The van der Waals surface area contributed by atoms with Crippen molar-refractivity contribution in [1.82, 2.24) is 9.88 Å². The Bertz CT molecular complexity index is 392. The largest absolute Gasteiger partial charge is 0.334 e. The third-order valence-electron chi connectivity index (χ3n) is 3.03. The maximum atomic E-state index is 12.2. The monoisotopic (exact) mass is 219 g/mol. The van der Waals surface area contributed by atoms with Gasteiger partial charge in [0.25, 0.3) is 5.91 Å². The highest BCUT2D eigenvalue weighted by molar-refractivity contribution is 5.94. The Hall–Kier alpha value is -1.42. The first kappa shape index (κ1) is 11.1. The summed E-state index contributed by atoms with van der Waals surface area (Å²) in [5.74, 6) is 0.0594. The first-order valence-electron chi connectivity index (χ1n) is 5.65. The highest BCUT2D eigenvalue weighted by atomic mass is 16.2. The van der Waals surface area contributed by atoms with Crippen LogP contribution in [0.4, 0.5) is 0 Å². The van der Waals surface area contributed by atoms with Crippen molar-refractivity contribution in [2.75, 3.05) is 13.1 Å². The number of carbonyl (C=O) groups excluding carboxylic acids is 1. The van der Waals surface area contributed by atoms with E-state index in [1.165, 1.54) is 0 Å². The molecule has 1 atom stereocenters. The van der Waals surface area contributed by atoms with Crippen LogP contribution in [0.25, 0.3) is 0 Å². The van der Waals surface area contributed by atoms with Gasteiger partial charge >= 0.3 is 0 Å². The van der Waals surface area contributed by atoms with Crippen LogP contribution in [0.2, 0.25) is 0 Å². The van der Waals surface area contributed by atoms with E-state index in [0.717, 1.165) is 24.9 Å². The molecule has 2 heterocycles. The van der Waals surface area contributed by atoms with Crippen LogP contribution < -0.4 is 5.73 Å². The normalized spacial score (nSPS) is 20.1. The van der Waals surface area contributed by atoms with Crippen LogP contribution in [-0.4, -0.2) is 34.9 Å². The second-order valence-corrected chi connectivity index (χ2v) is 4.28. The number of amides is 1. The Kier molecular flexibility index (Phi) is 3.19. The van der Waals surface area contributed by atoms with Crippen molar-refractivity contribution in [3.8, 4) is 0 Å². The molecule has 1 fully saturated rings. The Labute approximate surface area is 95.5 Å². The molecule has 0 bridgehead atoms.